The lowest BCUT2D eigenvalue weighted by atomic mass is 9.93. The van der Waals surface area contributed by atoms with E-state index in [1.54, 1.807) is 0 Å². The highest BCUT2D eigenvalue weighted by Gasteiger charge is 2.43. The van der Waals surface area contributed by atoms with Gasteiger partial charge in [0.05, 0.1) is 18.8 Å². The van der Waals surface area contributed by atoms with Gasteiger partial charge in [-0.3, -0.25) is 9.80 Å². The van der Waals surface area contributed by atoms with Crippen molar-refractivity contribution in [3.63, 3.8) is 0 Å². The molecule has 0 bridgehead atoms. The van der Waals surface area contributed by atoms with Crippen LogP contribution in [0.25, 0.3) is 0 Å². The fourth-order valence-electron chi connectivity index (χ4n) is 3.62. The van der Waals surface area contributed by atoms with Crippen molar-refractivity contribution in [3.05, 3.63) is 0 Å². The molecule has 2 atom stereocenters. The third-order valence-electron chi connectivity index (χ3n) is 5.19. The van der Waals surface area contributed by atoms with Crippen LogP contribution >= 0.6 is 0 Å². The number of hydrogen-bond acceptors (Lipinski definition) is 3. The maximum Gasteiger partial charge on any atom is 0.251 e. The van der Waals surface area contributed by atoms with Gasteiger partial charge in [0.1, 0.15) is 0 Å². The van der Waals surface area contributed by atoms with E-state index in [0.29, 0.717) is 5.92 Å². The highest BCUT2D eigenvalue weighted by molar-refractivity contribution is 4.95. The fourth-order valence-corrected chi connectivity index (χ4v) is 3.62. The van der Waals surface area contributed by atoms with Gasteiger partial charge in [0, 0.05) is 31.7 Å². The first-order valence-corrected chi connectivity index (χ1v) is 8.96. The van der Waals surface area contributed by atoms with Gasteiger partial charge in [-0.2, -0.15) is 0 Å². The summed E-state index contributed by atoms with van der Waals surface area (Å²) in [6.45, 7) is 15.0. The predicted molar refractivity (Wildman–Crippen MR) is 90.0 cm³/mol. The van der Waals surface area contributed by atoms with Crippen molar-refractivity contribution in [3.8, 4) is 0 Å². The molecule has 0 aromatic heterocycles. The summed E-state index contributed by atoms with van der Waals surface area (Å²) in [6.07, 6.45) is 0.231. The molecule has 136 valence electrons. The molecule has 2 aliphatic rings. The van der Waals surface area contributed by atoms with Crippen LogP contribution in [-0.4, -0.2) is 66.7 Å². The Kier molecular flexibility index (Phi) is 6.07. The van der Waals surface area contributed by atoms with Gasteiger partial charge in [0.25, 0.3) is 6.43 Å². The second-order valence-corrected chi connectivity index (χ2v) is 8.87. The molecule has 0 spiro atoms. The first kappa shape index (κ1) is 19.1. The van der Waals surface area contributed by atoms with Gasteiger partial charge >= 0.3 is 0 Å². The summed E-state index contributed by atoms with van der Waals surface area (Å²) in [5, 5.41) is 0. The van der Waals surface area contributed by atoms with E-state index in [1.807, 2.05) is 4.90 Å². The van der Waals surface area contributed by atoms with Crippen LogP contribution in [0.15, 0.2) is 0 Å². The van der Waals surface area contributed by atoms with Gasteiger partial charge in [-0.05, 0) is 59.3 Å². The maximum atomic E-state index is 12.5. The van der Waals surface area contributed by atoms with Crippen molar-refractivity contribution in [2.45, 2.75) is 65.0 Å². The Hall–Kier alpha value is -0.260. The molecule has 1 saturated heterocycles. The third kappa shape index (κ3) is 6.28. The molecule has 0 amide bonds. The molecular formula is C18H34F2N2O. The van der Waals surface area contributed by atoms with Crippen molar-refractivity contribution in [1.82, 2.24) is 9.80 Å². The first-order valence-electron chi connectivity index (χ1n) is 8.96. The fraction of sp³-hybridized carbons (Fsp3) is 1.00. The summed E-state index contributed by atoms with van der Waals surface area (Å²) >= 11 is 0. The third-order valence-corrected chi connectivity index (χ3v) is 5.19. The quantitative estimate of drug-likeness (QED) is 0.710. The summed E-state index contributed by atoms with van der Waals surface area (Å²) in [7, 11) is 0. The van der Waals surface area contributed by atoms with Crippen LogP contribution in [0.3, 0.4) is 0 Å². The molecule has 0 aromatic carbocycles. The average molecular weight is 332 g/mol. The van der Waals surface area contributed by atoms with E-state index in [1.165, 1.54) is 12.8 Å². The summed E-state index contributed by atoms with van der Waals surface area (Å²) in [5.74, 6) is 1.46. The second-order valence-electron chi connectivity index (χ2n) is 8.87. The zero-order chi connectivity index (χ0) is 17.3. The predicted octanol–water partition coefficient (Wildman–Crippen LogP) is 3.49. The SMILES string of the molecule is CC(C)(C)OCC1CC1CC(C)(C)N1CCN(CC(F)F)CC1. The summed E-state index contributed by atoms with van der Waals surface area (Å²) < 4.78 is 30.8. The number of alkyl halides is 2. The monoisotopic (exact) mass is 332 g/mol. The minimum atomic E-state index is -2.22. The highest BCUT2D eigenvalue weighted by Crippen LogP contribution is 2.45. The number of rotatable bonds is 7. The summed E-state index contributed by atoms with van der Waals surface area (Å²) in [5.41, 5.74) is 0.0990. The van der Waals surface area contributed by atoms with Crippen molar-refractivity contribution in [1.29, 1.82) is 0 Å². The molecule has 2 rings (SSSR count). The molecule has 5 heteroatoms. The van der Waals surface area contributed by atoms with Crippen LogP contribution in [0.2, 0.25) is 0 Å². The number of hydrogen-bond donors (Lipinski definition) is 0. The zero-order valence-electron chi connectivity index (χ0n) is 15.4. The molecule has 1 saturated carbocycles. The van der Waals surface area contributed by atoms with Gasteiger partial charge < -0.3 is 4.74 Å². The molecule has 0 aromatic rings. The van der Waals surface area contributed by atoms with Gasteiger partial charge in [-0.15, -0.1) is 0 Å². The molecule has 2 fully saturated rings. The van der Waals surface area contributed by atoms with E-state index < -0.39 is 6.43 Å². The van der Waals surface area contributed by atoms with Crippen LogP contribution in [0, 0.1) is 11.8 Å². The molecular weight excluding hydrogens is 298 g/mol. The van der Waals surface area contributed by atoms with Gasteiger partial charge in [-0.25, -0.2) is 8.78 Å². The van der Waals surface area contributed by atoms with Gasteiger partial charge in [-0.1, -0.05) is 0 Å². The van der Waals surface area contributed by atoms with Gasteiger partial charge in [0.2, 0.25) is 0 Å². The van der Waals surface area contributed by atoms with Crippen LogP contribution in [0.1, 0.15) is 47.5 Å². The Morgan fingerprint density at radius 3 is 2.13 bits per heavy atom. The molecule has 1 heterocycles. The average Bonchev–Trinajstić information content (AvgIpc) is 3.13. The molecule has 1 aliphatic carbocycles. The molecule has 2 unspecified atom stereocenters. The Balaban J connectivity index is 1.71. The highest BCUT2D eigenvalue weighted by atomic mass is 19.3. The van der Waals surface area contributed by atoms with E-state index in [2.05, 4.69) is 39.5 Å². The van der Waals surface area contributed by atoms with Crippen molar-refractivity contribution < 1.29 is 13.5 Å². The summed E-state index contributed by atoms with van der Waals surface area (Å²) in [6, 6.07) is 0. The van der Waals surface area contributed by atoms with Crippen molar-refractivity contribution >= 4 is 0 Å². The van der Waals surface area contributed by atoms with E-state index in [4.69, 9.17) is 4.74 Å². The largest absolute Gasteiger partial charge is 0.376 e. The Labute approximate surface area is 140 Å². The van der Waals surface area contributed by atoms with Gasteiger partial charge in [0.15, 0.2) is 0 Å². The molecule has 0 radical (unpaired) electrons. The standard InChI is InChI=1S/C18H34F2N2O/c1-17(2,3)23-13-15-10-14(15)11-18(4,5)22-8-6-21(7-9-22)12-16(19)20/h14-16H,6-13H2,1-5H3. The molecule has 0 N–H and O–H groups in total. The van der Waals surface area contributed by atoms with E-state index in [0.717, 1.165) is 38.7 Å². The minimum Gasteiger partial charge on any atom is -0.376 e. The lowest BCUT2D eigenvalue weighted by Crippen LogP contribution is -2.55. The first-order chi connectivity index (χ1) is 10.6. The molecule has 3 nitrogen and oxygen atoms in total. The second kappa shape index (κ2) is 7.32. The van der Waals surface area contributed by atoms with E-state index in [9.17, 15) is 8.78 Å². The Morgan fingerprint density at radius 2 is 1.61 bits per heavy atom. The van der Waals surface area contributed by atoms with Crippen LogP contribution in [0.4, 0.5) is 8.78 Å². The number of piperazine rings is 1. The lowest BCUT2D eigenvalue weighted by Gasteiger charge is -2.44. The summed E-state index contributed by atoms with van der Waals surface area (Å²) in [4.78, 5) is 4.36. The molecule has 23 heavy (non-hydrogen) atoms. The van der Waals surface area contributed by atoms with Crippen molar-refractivity contribution in [2.75, 3.05) is 39.3 Å². The normalized spacial score (nSPS) is 27.7. The number of nitrogens with zero attached hydrogens (tertiary/aromatic N) is 2. The van der Waals surface area contributed by atoms with Crippen LogP contribution < -0.4 is 0 Å². The van der Waals surface area contributed by atoms with Crippen molar-refractivity contribution in [2.24, 2.45) is 11.8 Å². The lowest BCUT2D eigenvalue weighted by molar-refractivity contribution is -0.0131. The van der Waals surface area contributed by atoms with Crippen LogP contribution in [-0.2, 0) is 4.74 Å². The zero-order valence-corrected chi connectivity index (χ0v) is 15.4. The minimum absolute atomic E-state index is 0.0519. The Bertz CT molecular complexity index is 374. The topological polar surface area (TPSA) is 15.7 Å². The smallest absolute Gasteiger partial charge is 0.251 e. The Morgan fingerprint density at radius 1 is 1.00 bits per heavy atom. The number of ether oxygens (including phenoxy) is 1. The number of halogens is 2. The maximum absolute atomic E-state index is 12.5. The van der Waals surface area contributed by atoms with E-state index in [-0.39, 0.29) is 17.7 Å². The van der Waals surface area contributed by atoms with Crippen LogP contribution in [0.5, 0.6) is 0 Å². The molecule has 1 aliphatic heterocycles. The van der Waals surface area contributed by atoms with E-state index >= 15 is 0 Å².